The van der Waals surface area contributed by atoms with Crippen LogP contribution in [0.2, 0.25) is 0 Å². The normalized spacial score (nSPS) is 9.47. The zero-order valence-corrected chi connectivity index (χ0v) is 8.74. The molecule has 3 nitrogen and oxygen atoms in total. The minimum absolute atomic E-state index is 0.0206. The third-order valence-electron chi connectivity index (χ3n) is 1.82. The third-order valence-corrected chi connectivity index (χ3v) is 1.82. The Hall–Kier alpha value is -1.90. The van der Waals surface area contributed by atoms with Crippen LogP contribution >= 0.6 is 0 Å². The highest BCUT2D eigenvalue weighted by molar-refractivity contribution is 5.94. The van der Waals surface area contributed by atoms with Crippen LogP contribution in [0.4, 0.5) is 0 Å². The monoisotopic (exact) mass is 204 g/mol. The summed E-state index contributed by atoms with van der Waals surface area (Å²) in [6, 6.07) is 6.39. The van der Waals surface area contributed by atoms with Crippen molar-refractivity contribution < 1.29 is 14.3 Å². The molecule has 0 aliphatic heterocycles. The summed E-state index contributed by atoms with van der Waals surface area (Å²) in [6.45, 7) is 6.53. The van der Waals surface area contributed by atoms with Crippen LogP contribution in [0.5, 0.6) is 5.75 Å². The molecule has 0 amide bonds. The van der Waals surface area contributed by atoms with E-state index in [1.807, 2.05) is 0 Å². The molecular weight excluding hydrogens is 192 g/mol. The number of hydrogen-bond acceptors (Lipinski definition) is 3. The average Bonchev–Trinajstić information content (AvgIpc) is 2.18. The first-order valence-electron chi connectivity index (χ1n) is 4.49. The van der Waals surface area contributed by atoms with Crippen LogP contribution in [0.1, 0.15) is 24.2 Å². The molecule has 1 rings (SSSR count). The smallest absolute Gasteiger partial charge is 0.338 e. The Morgan fingerprint density at radius 1 is 1.13 bits per heavy atom. The number of hydrogen-bond donors (Lipinski definition) is 0. The molecule has 0 saturated heterocycles. The summed E-state index contributed by atoms with van der Waals surface area (Å²) in [5.74, 6) is -0.0775. The van der Waals surface area contributed by atoms with E-state index in [0.29, 0.717) is 16.9 Å². The van der Waals surface area contributed by atoms with Gasteiger partial charge < -0.3 is 4.74 Å². The van der Waals surface area contributed by atoms with Gasteiger partial charge in [0, 0.05) is 11.1 Å². The fourth-order valence-electron chi connectivity index (χ4n) is 0.952. The predicted octanol–water partition coefficient (Wildman–Crippen LogP) is 2.37. The van der Waals surface area contributed by atoms with Crippen LogP contribution in [-0.2, 0) is 4.79 Å². The highest BCUT2D eigenvalue weighted by Gasteiger charge is 2.05. The standard InChI is InChI=1S/C12H12O3/c1-8(2)12(14)15-11-6-4-10(5-7-11)9(3)13/h4-7H,1H2,2-3H3. The first-order valence-corrected chi connectivity index (χ1v) is 4.49. The zero-order valence-electron chi connectivity index (χ0n) is 8.74. The van der Waals surface area contributed by atoms with Gasteiger partial charge in [0.15, 0.2) is 5.78 Å². The van der Waals surface area contributed by atoms with Gasteiger partial charge in [-0.3, -0.25) is 4.79 Å². The quantitative estimate of drug-likeness (QED) is 0.328. The first kappa shape index (κ1) is 11.2. The van der Waals surface area contributed by atoms with Gasteiger partial charge in [0.25, 0.3) is 0 Å². The molecule has 78 valence electrons. The highest BCUT2D eigenvalue weighted by atomic mass is 16.5. The van der Waals surface area contributed by atoms with Crippen molar-refractivity contribution in [1.29, 1.82) is 0 Å². The lowest BCUT2D eigenvalue weighted by Crippen LogP contribution is -2.08. The summed E-state index contributed by atoms with van der Waals surface area (Å²) in [6.07, 6.45) is 0. The van der Waals surface area contributed by atoms with Crippen LogP contribution in [0.25, 0.3) is 0 Å². The summed E-state index contributed by atoms with van der Waals surface area (Å²) in [5.41, 5.74) is 0.927. The van der Waals surface area contributed by atoms with Gasteiger partial charge in [0.2, 0.25) is 0 Å². The molecule has 0 heterocycles. The van der Waals surface area contributed by atoms with E-state index in [9.17, 15) is 9.59 Å². The number of carbonyl (C=O) groups excluding carboxylic acids is 2. The van der Waals surface area contributed by atoms with Gasteiger partial charge in [-0.15, -0.1) is 0 Å². The summed E-state index contributed by atoms with van der Waals surface area (Å²) in [7, 11) is 0. The molecule has 0 unspecified atom stereocenters. The lowest BCUT2D eigenvalue weighted by Gasteiger charge is -2.03. The van der Waals surface area contributed by atoms with Gasteiger partial charge in [-0.05, 0) is 38.1 Å². The van der Waals surface area contributed by atoms with Crippen molar-refractivity contribution in [3.8, 4) is 5.75 Å². The Morgan fingerprint density at radius 2 is 1.67 bits per heavy atom. The maximum absolute atomic E-state index is 11.1. The molecular formula is C12H12O3. The number of carbonyl (C=O) groups is 2. The van der Waals surface area contributed by atoms with Gasteiger partial charge in [-0.25, -0.2) is 4.79 Å². The lowest BCUT2D eigenvalue weighted by atomic mass is 10.1. The molecule has 0 aliphatic rings. The SMILES string of the molecule is C=C(C)C(=O)Oc1ccc(C(C)=O)cc1. The molecule has 0 radical (unpaired) electrons. The Labute approximate surface area is 88.4 Å². The highest BCUT2D eigenvalue weighted by Crippen LogP contribution is 2.13. The van der Waals surface area contributed by atoms with Crippen LogP contribution in [0.3, 0.4) is 0 Å². The van der Waals surface area contributed by atoms with Crippen molar-refractivity contribution in [2.75, 3.05) is 0 Å². The van der Waals surface area contributed by atoms with E-state index in [1.54, 1.807) is 31.2 Å². The number of ketones is 1. The van der Waals surface area contributed by atoms with Gasteiger partial charge in [0.05, 0.1) is 0 Å². The third kappa shape index (κ3) is 3.06. The topological polar surface area (TPSA) is 43.4 Å². The van der Waals surface area contributed by atoms with E-state index in [0.717, 1.165) is 0 Å². The van der Waals surface area contributed by atoms with Crippen molar-refractivity contribution in [2.24, 2.45) is 0 Å². The molecule has 1 aromatic rings. The lowest BCUT2D eigenvalue weighted by molar-refractivity contribution is -0.130. The van der Waals surface area contributed by atoms with Crippen LogP contribution in [-0.4, -0.2) is 11.8 Å². The second-order valence-corrected chi connectivity index (χ2v) is 3.25. The molecule has 1 aromatic carbocycles. The number of benzene rings is 1. The second kappa shape index (κ2) is 4.55. The summed E-state index contributed by atoms with van der Waals surface area (Å²) >= 11 is 0. The van der Waals surface area contributed by atoms with E-state index in [-0.39, 0.29) is 5.78 Å². The maximum Gasteiger partial charge on any atom is 0.338 e. The molecule has 3 heteroatoms. The van der Waals surface area contributed by atoms with Crippen LogP contribution in [0.15, 0.2) is 36.4 Å². The Bertz CT molecular complexity index is 401. The van der Waals surface area contributed by atoms with E-state index in [1.165, 1.54) is 6.92 Å². The van der Waals surface area contributed by atoms with Crippen molar-refractivity contribution in [3.05, 3.63) is 42.0 Å². The fourth-order valence-corrected chi connectivity index (χ4v) is 0.952. The Balaban J connectivity index is 2.77. The van der Waals surface area contributed by atoms with Gasteiger partial charge in [-0.1, -0.05) is 6.58 Å². The van der Waals surface area contributed by atoms with Gasteiger partial charge >= 0.3 is 5.97 Å². The zero-order chi connectivity index (χ0) is 11.4. The van der Waals surface area contributed by atoms with Crippen molar-refractivity contribution in [1.82, 2.24) is 0 Å². The number of rotatable bonds is 3. The van der Waals surface area contributed by atoms with Crippen molar-refractivity contribution in [3.63, 3.8) is 0 Å². The number of ether oxygens (including phenoxy) is 1. The molecule has 0 bridgehead atoms. The minimum atomic E-state index is -0.467. The first-order chi connectivity index (χ1) is 7.00. The van der Waals surface area contributed by atoms with Gasteiger partial charge in [-0.2, -0.15) is 0 Å². The fraction of sp³-hybridized carbons (Fsp3) is 0.167. The second-order valence-electron chi connectivity index (χ2n) is 3.25. The molecule has 0 spiro atoms. The largest absolute Gasteiger partial charge is 0.423 e. The van der Waals surface area contributed by atoms with E-state index in [4.69, 9.17) is 4.74 Å². The Kier molecular flexibility index (Phi) is 3.39. The Morgan fingerprint density at radius 3 is 2.07 bits per heavy atom. The summed E-state index contributed by atoms with van der Waals surface area (Å²) in [5, 5.41) is 0. The number of esters is 1. The molecule has 0 N–H and O–H groups in total. The summed E-state index contributed by atoms with van der Waals surface area (Å²) < 4.78 is 4.96. The number of Topliss-reactive ketones (excluding diaryl/α,β-unsaturated/α-hetero) is 1. The predicted molar refractivity (Wildman–Crippen MR) is 56.9 cm³/mol. The van der Waals surface area contributed by atoms with Crippen molar-refractivity contribution in [2.45, 2.75) is 13.8 Å². The van der Waals surface area contributed by atoms with E-state index < -0.39 is 5.97 Å². The van der Waals surface area contributed by atoms with E-state index in [2.05, 4.69) is 6.58 Å². The molecule has 0 saturated carbocycles. The van der Waals surface area contributed by atoms with Crippen LogP contribution < -0.4 is 4.74 Å². The molecule has 0 aromatic heterocycles. The average molecular weight is 204 g/mol. The molecule has 0 fully saturated rings. The maximum atomic E-state index is 11.1. The van der Waals surface area contributed by atoms with Crippen molar-refractivity contribution >= 4 is 11.8 Å². The molecule has 0 aliphatic carbocycles. The molecule has 0 atom stereocenters. The summed E-state index contributed by atoms with van der Waals surface area (Å²) in [4.78, 5) is 22.1. The van der Waals surface area contributed by atoms with Gasteiger partial charge in [0.1, 0.15) is 5.75 Å². The molecule has 15 heavy (non-hydrogen) atoms. The van der Waals surface area contributed by atoms with Crippen LogP contribution in [0, 0.1) is 0 Å². The van der Waals surface area contributed by atoms with E-state index >= 15 is 0 Å². The minimum Gasteiger partial charge on any atom is -0.423 e.